The van der Waals surface area contributed by atoms with Crippen molar-refractivity contribution in [3.63, 3.8) is 0 Å². The van der Waals surface area contributed by atoms with Crippen LogP contribution in [0.5, 0.6) is 0 Å². The number of halogens is 1. The van der Waals surface area contributed by atoms with Crippen molar-refractivity contribution in [1.82, 2.24) is 4.90 Å². The fraction of sp³-hybridized carbons (Fsp3) is 0.462. The Hall–Kier alpha value is -1.46. The molecule has 4 nitrogen and oxygen atoms in total. The lowest BCUT2D eigenvalue weighted by atomic mass is 10.1. The quantitative estimate of drug-likeness (QED) is 0.757. The Balaban J connectivity index is 2.59. The summed E-state index contributed by atoms with van der Waals surface area (Å²) in [4.78, 5) is 12.6. The zero-order valence-electron chi connectivity index (χ0n) is 10.6. The number of nitrogens with zero attached hydrogens (tertiary/aromatic N) is 1. The van der Waals surface area contributed by atoms with Crippen LogP contribution in [0.25, 0.3) is 0 Å². The molecule has 0 amide bonds. The molecule has 0 fully saturated rings. The van der Waals surface area contributed by atoms with Crippen LogP contribution in [0, 0.1) is 5.82 Å². The van der Waals surface area contributed by atoms with Gasteiger partial charge in [-0.15, -0.1) is 0 Å². The summed E-state index contributed by atoms with van der Waals surface area (Å²) in [7, 11) is 3.53. The molecule has 1 N–H and O–H groups in total. The second kappa shape index (κ2) is 7.08. The van der Waals surface area contributed by atoms with E-state index in [1.54, 1.807) is 7.11 Å². The molecule has 1 aromatic carbocycles. The molecule has 0 aliphatic carbocycles. The van der Waals surface area contributed by atoms with Crippen LogP contribution in [-0.4, -0.2) is 43.3 Å². The molecule has 1 rings (SSSR count). The Kier molecular flexibility index (Phi) is 5.74. The molecule has 100 valence electrons. The minimum atomic E-state index is -1.12. The molecule has 0 atom stereocenters. The van der Waals surface area contributed by atoms with Crippen molar-refractivity contribution in [1.29, 1.82) is 0 Å². The molecule has 0 saturated carbocycles. The zero-order valence-corrected chi connectivity index (χ0v) is 10.6. The van der Waals surface area contributed by atoms with Crippen LogP contribution < -0.4 is 0 Å². The van der Waals surface area contributed by atoms with Crippen LogP contribution >= 0.6 is 0 Å². The van der Waals surface area contributed by atoms with Gasteiger partial charge < -0.3 is 14.7 Å². The molecule has 0 aliphatic heterocycles. The number of carboxylic acid groups (broad SMARTS) is 1. The van der Waals surface area contributed by atoms with Crippen molar-refractivity contribution >= 4 is 5.97 Å². The number of rotatable bonds is 7. The monoisotopic (exact) mass is 255 g/mol. The molecule has 0 unspecified atom stereocenters. The lowest BCUT2D eigenvalue weighted by molar-refractivity contribution is 0.0696. The van der Waals surface area contributed by atoms with Gasteiger partial charge in [0.2, 0.25) is 0 Å². The molecule has 0 bridgehead atoms. The molecule has 0 aliphatic rings. The SMILES string of the molecule is COCCCN(C)Cc1ccc(C(=O)O)cc1F. The Morgan fingerprint density at radius 2 is 2.22 bits per heavy atom. The zero-order chi connectivity index (χ0) is 13.5. The molecule has 18 heavy (non-hydrogen) atoms. The molecule has 0 aromatic heterocycles. The number of benzene rings is 1. The number of ether oxygens (including phenoxy) is 1. The van der Waals surface area contributed by atoms with Crippen LogP contribution in [0.1, 0.15) is 22.3 Å². The second-order valence-electron chi connectivity index (χ2n) is 4.20. The average molecular weight is 255 g/mol. The minimum Gasteiger partial charge on any atom is -0.478 e. The van der Waals surface area contributed by atoms with Gasteiger partial charge >= 0.3 is 5.97 Å². The first-order valence-electron chi connectivity index (χ1n) is 5.73. The molecule has 1 aromatic rings. The molecular weight excluding hydrogens is 237 g/mol. The van der Waals surface area contributed by atoms with Crippen molar-refractivity contribution in [3.05, 3.63) is 35.1 Å². The highest BCUT2D eigenvalue weighted by Crippen LogP contribution is 2.12. The van der Waals surface area contributed by atoms with Gasteiger partial charge in [-0.25, -0.2) is 9.18 Å². The number of hydrogen-bond donors (Lipinski definition) is 1. The van der Waals surface area contributed by atoms with Crippen molar-refractivity contribution in [3.8, 4) is 0 Å². The number of carbonyl (C=O) groups is 1. The van der Waals surface area contributed by atoms with Crippen molar-refractivity contribution in [2.45, 2.75) is 13.0 Å². The molecular formula is C13H18FNO3. The molecule has 0 spiro atoms. The highest BCUT2D eigenvalue weighted by atomic mass is 19.1. The number of carboxylic acids is 1. The summed E-state index contributed by atoms with van der Waals surface area (Å²) in [5, 5.41) is 8.73. The summed E-state index contributed by atoms with van der Waals surface area (Å²) in [6, 6.07) is 4.00. The van der Waals surface area contributed by atoms with Gasteiger partial charge in [0, 0.05) is 32.4 Å². The van der Waals surface area contributed by atoms with Gasteiger partial charge in [0.15, 0.2) is 0 Å². The van der Waals surface area contributed by atoms with Gasteiger partial charge in [-0.3, -0.25) is 0 Å². The Morgan fingerprint density at radius 3 is 2.78 bits per heavy atom. The Bertz CT molecular complexity index is 409. The van der Waals surface area contributed by atoms with E-state index in [0.717, 1.165) is 19.0 Å². The van der Waals surface area contributed by atoms with E-state index in [2.05, 4.69) is 0 Å². The van der Waals surface area contributed by atoms with E-state index in [0.29, 0.717) is 18.7 Å². The summed E-state index contributed by atoms with van der Waals surface area (Å²) in [6.07, 6.45) is 0.877. The second-order valence-corrected chi connectivity index (χ2v) is 4.20. The van der Waals surface area contributed by atoms with Gasteiger partial charge in [-0.1, -0.05) is 6.07 Å². The highest BCUT2D eigenvalue weighted by molar-refractivity contribution is 5.87. The van der Waals surface area contributed by atoms with Crippen LogP contribution in [0.3, 0.4) is 0 Å². The van der Waals surface area contributed by atoms with E-state index in [1.165, 1.54) is 12.1 Å². The molecule has 0 saturated heterocycles. The summed E-state index contributed by atoms with van der Waals surface area (Å²) >= 11 is 0. The van der Waals surface area contributed by atoms with Crippen LogP contribution in [0.2, 0.25) is 0 Å². The first-order valence-corrected chi connectivity index (χ1v) is 5.73. The van der Waals surface area contributed by atoms with Gasteiger partial charge in [-0.2, -0.15) is 0 Å². The Labute approximate surface area is 106 Å². The molecule has 5 heteroatoms. The van der Waals surface area contributed by atoms with Gasteiger partial charge in [-0.05, 0) is 25.6 Å². The first-order chi connectivity index (χ1) is 8.54. The first kappa shape index (κ1) is 14.6. The minimum absolute atomic E-state index is 0.0294. The lowest BCUT2D eigenvalue weighted by Crippen LogP contribution is -2.21. The standard InChI is InChI=1S/C13H18FNO3/c1-15(6-3-7-18-2)9-11-5-4-10(13(16)17)8-12(11)14/h4-5,8H,3,6-7,9H2,1-2H3,(H,16,17). The van der Waals surface area contributed by atoms with E-state index in [4.69, 9.17) is 9.84 Å². The van der Waals surface area contributed by atoms with Gasteiger partial charge in [0.25, 0.3) is 0 Å². The maximum atomic E-state index is 13.6. The normalized spacial score (nSPS) is 10.9. The summed E-state index contributed by atoms with van der Waals surface area (Å²) in [5.41, 5.74) is 0.471. The fourth-order valence-electron chi connectivity index (χ4n) is 1.66. The molecule has 0 heterocycles. The van der Waals surface area contributed by atoms with Crippen molar-refractivity contribution < 1.29 is 19.0 Å². The van der Waals surface area contributed by atoms with E-state index in [1.807, 2.05) is 11.9 Å². The predicted molar refractivity (Wildman–Crippen MR) is 66.2 cm³/mol. The summed E-state index contributed by atoms with van der Waals surface area (Å²) in [5.74, 6) is -1.60. The van der Waals surface area contributed by atoms with E-state index in [9.17, 15) is 9.18 Å². The van der Waals surface area contributed by atoms with Crippen molar-refractivity contribution in [2.24, 2.45) is 0 Å². The predicted octanol–water partition coefficient (Wildman–Crippen LogP) is 1.99. The lowest BCUT2D eigenvalue weighted by Gasteiger charge is -2.16. The van der Waals surface area contributed by atoms with Crippen LogP contribution in [0.15, 0.2) is 18.2 Å². The number of methoxy groups -OCH3 is 1. The maximum Gasteiger partial charge on any atom is 0.335 e. The summed E-state index contributed by atoms with van der Waals surface area (Å²) in [6.45, 7) is 1.92. The third kappa shape index (κ3) is 4.43. The Morgan fingerprint density at radius 1 is 1.50 bits per heavy atom. The maximum absolute atomic E-state index is 13.6. The topological polar surface area (TPSA) is 49.8 Å². The fourth-order valence-corrected chi connectivity index (χ4v) is 1.66. The number of aromatic carboxylic acids is 1. The van der Waals surface area contributed by atoms with Gasteiger partial charge in [0.05, 0.1) is 5.56 Å². The van der Waals surface area contributed by atoms with E-state index in [-0.39, 0.29) is 5.56 Å². The largest absolute Gasteiger partial charge is 0.478 e. The summed E-state index contributed by atoms with van der Waals surface area (Å²) < 4.78 is 18.6. The third-order valence-electron chi connectivity index (χ3n) is 2.63. The van der Waals surface area contributed by atoms with Crippen LogP contribution in [0.4, 0.5) is 4.39 Å². The average Bonchev–Trinajstić information content (AvgIpc) is 2.32. The number of hydrogen-bond acceptors (Lipinski definition) is 3. The van der Waals surface area contributed by atoms with Crippen LogP contribution in [-0.2, 0) is 11.3 Å². The van der Waals surface area contributed by atoms with Crippen molar-refractivity contribution in [2.75, 3.05) is 27.3 Å². The third-order valence-corrected chi connectivity index (χ3v) is 2.63. The van der Waals surface area contributed by atoms with E-state index < -0.39 is 11.8 Å². The van der Waals surface area contributed by atoms with Gasteiger partial charge in [0.1, 0.15) is 5.82 Å². The van der Waals surface area contributed by atoms with E-state index >= 15 is 0 Å². The highest BCUT2D eigenvalue weighted by Gasteiger charge is 2.09. The smallest absolute Gasteiger partial charge is 0.335 e. The molecule has 0 radical (unpaired) electrons.